The summed E-state index contributed by atoms with van der Waals surface area (Å²) in [6, 6.07) is 5.42. The summed E-state index contributed by atoms with van der Waals surface area (Å²) in [7, 11) is 1.59. The van der Waals surface area contributed by atoms with Gasteiger partial charge < -0.3 is 15.4 Å². The van der Waals surface area contributed by atoms with Crippen LogP contribution in [0.15, 0.2) is 22.7 Å². The van der Waals surface area contributed by atoms with Crippen molar-refractivity contribution in [1.29, 1.82) is 0 Å². The molecule has 16 heavy (non-hydrogen) atoms. The Balaban J connectivity index is 2.46. The molecule has 0 unspecified atom stereocenters. The number of urea groups is 1. The highest BCUT2D eigenvalue weighted by molar-refractivity contribution is 9.10. The van der Waals surface area contributed by atoms with Gasteiger partial charge >= 0.3 is 6.03 Å². The number of hydrogen-bond acceptors (Lipinski definition) is 2. The number of methoxy groups -OCH3 is 1. The lowest BCUT2D eigenvalue weighted by Gasteiger charge is -2.08. The minimum Gasteiger partial charge on any atom is -0.383 e. The number of nitrogens with one attached hydrogen (secondary N) is 2. The molecule has 5 heteroatoms. The number of rotatable bonds is 4. The summed E-state index contributed by atoms with van der Waals surface area (Å²) in [4.78, 5) is 11.4. The van der Waals surface area contributed by atoms with Crippen LogP contribution in [0.2, 0.25) is 0 Å². The fourth-order valence-electron chi connectivity index (χ4n) is 1.16. The van der Waals surface area contributed by atoms with Crippen LogP contribution < -0.4 is 10.6 Å². The highest BCUT2D eigenvalue weighted by Crippen LogP contribution is 2.19. The molecule has 88 valence electrons. The summed E-state index contributed by atoms with van der Waals surface area (Å²) >= 11 is 3.40. The van der Waals surface area contributed by atoms with Crippen molar-refractivity contribution in [1.82, 2.24) is 5.32 Å². The zero-order valence-electron chi connectivity index (χ0n) is 9.34. The zero-order valence-corrected chi connectivity index (χ0v) is 10.9. The van der Waals surface area contributed by atoms with Crippen molar-refractivity contribution in [3.63, 3.8) is 0 Å². The Morgan fingerprint density at radius 1 is 1.50 bits per heavy atom. The summed E-state index contributed by atoms with van der Waals surface area (Å²) < 4.78 is 5.85. The second-order valence-electron chi connectivity index (χ2n) is 3.34. The van der Waals surface area contributed by atoms with Gasteiger partial charge in [-0.3, -0.25) is 0 Å². The van der Waals surface area contributed by atoms with Gasteiger partial charge in [-0.25, -0.2) is 4.79 Å². The highest BCUT2D eigenvalue weighted by Gasteiger charge is 2.02. The Bertz CT molecular complexity index is 369. The molecule has 0 aliphatic heterocycles. The molecule has 0 saturated heterocycles. The minimum absolute atomic E-state index is 0.223. The maximum absolute atomic E-state index is 11.4. The van der Waals surface area contributed by atoms with Gasteiger partial charge in [0.05, 0.1) is 6.61 Å². The van der Waals surface area contributed by atoms with E-state index in [1.165, 1.54) is 0 Å². The first kappa shape index (κ1) is 13.0. The molecule has 0 fully saturated rings. The Labute approximate surface area is 103 Å². The highest BCUT2D eigenvalue weighted by atomic mass is 79.9. The van der Waals surface area contributed by atoms with Crippen LogP contribution in [0.25, 0.3) is 0 Å². The Morgan fingerprint density at radius 2 is 2.25 bits per heavy atom. The standard InChI is InChI=1S/C11H15BrN2O2/c1-8-7-9(3-4-10(8)12)14-11(15)13-5-6-16-2/h3-4,7H,5-6H2,1-2H3,(H2,13,14,15). The molecule has 0 atom stereocenters. The number of hydrogen-bond donors (Lipinski definition) is 2. The van der Waals surface area contributed by atoms with Crippen LogP contribution in [-0.4, -0.2) is 26.3 Å². The number of anilines is 1. The van der Waals surface area contributed by atoms with Gasteiger partial charge in [-0.1, -0.05) is 15.9 Å². The van der Waals surface area contributed by atoms with Gasteiger partial charge in [0.25, 0.3) is 0 Å². The van der Waals surface area contributed by atoms with Crippen molar-refractivity contribution < 1.29 is 9.53 Å². The molecule has 1 aromatic carbocycles. The molecule has 2 amide bonds. The molecule has 0 saturated carbocycles. The van der Waals surface area contributed by atoms with Gasteiger partial charge in [-0.2, -0.15) is 0 Å². The zero-order chi connectivity index (χ0) is 12.0. The normalized spacial score (nSPS) is 9.94. The van der Waals surface area contributed by atoms with Crippen LogP contribution in [0.5, 0.6) is 0 Å². The maximum Gasteiger partial charge on any atom is 0.319 e. The monoisotopic (exact) mass is 286 g/mol. The van der Waals surface area contributed by atoms with E-state index >= 15 is 0 Å². The first-order valence-corrected chi connectivity index (χ1v) is 5.72. The van der Waals surface area contributed by atoms with Crippen molar-refractivity contribution >= 4 is 27.6 Å². The second kappa shape index (κ2) is 6.50. The average Bonchev–Trinajstić information content (AvgIpc) is 2.24. The minimum atomic E-state index is -0.223. The molecule has 4 nitrogen and oxygen atoms in total. The number of ether oxygens (including phenoxy) is 1. The van der Waals surface area contributed by atoms with Crippen molar-refractivity contribution in [3.05, 3.63) is 28.2 Å². The van der Waals surface area contributed by atoms with Gasteiger partial charge in [0.15, 0.2) is 0 Å². The topological polar surface area (TPSA) is 50.4 Å². The van der Waals surface area contributed by atoms with E-state index in [1.54, 1.807) is 7.11 Å². The lowest BCUT2D eigenvalue weighted by Crippen LogP contribution is -2.31. The van der Waals surface area contributed by atoms with E-state index in [0.717, 1.165) is 15.7 Å². The molecule has 0 heterocycles. The van der Waals surface area contributed by atoms with Crippen LogP contribution in [0.1, 0.15) is 5.56 Å². The molecule has 2 N–H and O–H groups in total. The molecular weight excluding hydrogens is 272 g/mol. The summed E-state index contributed by atoms with van der Waals surface area (Å²) in [5, 5.41) is 5.42. The van der Waals surface area contributed by atoms with E-state index in [1.807, 2.05) is 25.1 Å². The fraction of sp³-hybridized carbons (Fsp3) is 0.364. The van der Waals surface area contributed by atoms with E-state index in [-0.39, 0.29) is 6.03 Å². The first-order chi connectivity index (χ1) is 7.63. The lowest BCUT2D eigenvalue weighted by atomic mass is 10.2. The summed E-state index contributed by atoms with van der Waals surface area (Å²) in [5.41, 5.74) is 1.85. The number of carbonyl (C=O) groups excluding carboxylic acids is 1. The van der Waals surface area contributed by atoms with Crippen LogP contribution in [0.3, 0.4) is 0 Å². The number of halogens is 1. The van der Waals surface area contributed by atoms with Crippen molar-refractivity contribution in [3.8, 4) is 0 Å². The predicted molar refractivity (Wildman–Crippen MR) is 67.8 cm³/mol. The summed E-state index contributed by atoms with van der Waals surface area (Å²) in [5.74, 6) is 0. The summed E-state index contributed by atoms with van der Waals surface area (Å²) in [6.45, 7) is 2.97. The van der Waals surface area contributed by atoms with Crippen LogP contribution in [-0.2, 0) is 4.74 Å². The SMILES string of the molecule is COCCNC(=O)Nc1ccc(Br)c(C)c1. The molecule has 0 aliphatic rings. The fourth-order valence-corrected chi connectivity index (χ4v) is 1.41. The van der Waals surface area contributed by atoms with Gasteiger partial charge in [0.2, 0.25) is 0 Å². The largest absolute Gasteiger partial charge is 0.383 e. The molecule has 0 aromatic heterocycles. The van der Waals surface area contributed by atoms with Gasteiger partial charge in [0.1, 0.15) is 0 Å². The summed E-state index contributed by atoms with van der Waals surface area (Å²) in [6.07, 6.45) is 0. The third-order valence-corrected chi connectivity index (χ3v) is 2.90. The molecule has 1 aromatic rings. The predicted octanol–water partition coefficient (Wildman–Crippen LogP) is 2.53. The number of carbonyl (C=O) groups is 1. The third-order valence-electron chi connectivity index (χ3n) is 2.01. The smallest absolute Gasteiger partial charge is 0.319 e. The number of amides is 2. The number of benzene rings is 1. The van der Waals surface area contributed by atoms with E-state index in [4.69, 9.17) is 4.74 Å². The Kier molecular flexibility index (Phi) is 5.28. The van der Waals surface area contributed by atoms with Crippen LogP contribution in [0, 0.1) is 6.92 Å². The average molecular weight is 287 g/mol. The van der Waals surface area contributed by atoms with E-state index in [2.05, 4.69) is 26.6 Å². The molecule has 0 aliphatic carbocycles. The Hall–Kier alpha value is -1.07. The molecule has 0 radical (unpaired) electrons. The van der Waals surface area contributed by atoms with E-state index in [0.29, 0.717) is 13.2 Å². The molecule has 0 spiro atoms. The quantitative estimate of drug-likeness (QED) is 0.836. The van der Waals surface area contributed by atoms with E-state index < -0.39 is 0 Å². The first-order valence-electron chi connectivity index (χ1n) is 4.93. The van der Waals surface area contributed by atoms with Gasteiger partial charge in [-0.05, 0) is 30.7 Å². The number of aryl methyl sites for hydroxylation is 1. The van der Waals surface area contributed by atoms with Crippen molar-refractivity contribution in [2.45, 2.75) is 6.92 Å². The molecule has 0 bridgehead atoms. The molecular formula is C11H15BrN2O2. The lowest BCUT2D eigenvalue weighted by molar-refractivity contribution is 0.198. The maximum atomic E-state index is 11.4. The molecule has 1 rings (SSSR count). The van der Waals surface area contributed by atoms with Crippen LogP contribution >= 0.6 is 15.9 Å². The van der Waals surface area contributed by atoms with Crippen molar-refractivity contribution in [2.75, 3.05) is 25.6 Å². The van der Waals surface area contributed by atoms with Crippen molar-refractivity contribution in [2.24, 2.45) is 0 Å². The van der Waals surface area contributed by atoms with Crippen LogP contribution in [0.4, 0.5) is 10.5 Å². The third kappa shape index (κ3) is 4.20. The van der Waals surface area contributed by atoms with Gasteiger partial charge in [0, 0.05) is 23.8 Å². The van der Waals surface area contributed by atoms with E-state index in [9.17, 15) is 4.79 Å². The van der Waals surface area contributed by atoms with Gasteiger partial charge in [-0.15, -0.1) is 0 Å². The second-order valence-corrected chi connectivity index (χ2v) is 4.19. The Morgan fingerprint density at radius 3 is 2.88 bits per heavy atom.